The number of ether oxygens (including phenoxy) is 2. The molecule has 4 atom stereocenters. The highest BCUT2D eigenvalue weighted by Gasteiger charge is 2.58. The van der Waals surface area contributed by atoms with Gasteiger partial charge < -0.3 is 19.7 Å². The van der Waals surface area contributed by atoms with Gasteiger partial charge >= 0.3 is 18.2 Å². The number of benzene rings is 3. The number of rotatable bonds is 10. The van der Waals surface area contributed by atoms with Gasteiger partial charge in [0.25, 0.3) is 0 Å². The summed E-state index contributed by atoms with van der Waals surface area (Å²) in [5, 5.41) is 2.60. The van der Waals surface area contributed by atoms with E-state index in [0.29, 0.717) is 0 Å². The second kappa shape index (κ2) is 13.9. The van der Waals surface area contributed by atoms with Crippen LogP contribution in [-0.4, -0.2) is 64.0 Å². The van der Waals surface area contributed by atoms with Crippen LogP contribution in [-0.2, 0) is 36.6 Å². The second-order valence-corrected chi connectivity index (χ2v) is 12.6. The Bertz CT molecular complexity index is 1670. The van der Waals surface area contributed by atoms with Gasteiger partial charge in [-0.05, 0) is 49.6 Å². The van der Waals surface area contributed by atoms with Crippen LogP contribution < -0.4 is 5.32 Å². The van der Waals surface area contributed by atoms with Gasteiger partial charge in [-0.15, -0.1) is 0 Å². The summed E-state index contributed by atoms with van der Waals surface area (Å²) in [7, 11) is 0. The Balaban J connectivity index is 1.48. The number of amides is 3. The molecule has 1 N–H and O–H groups in total. The molecule has 2 aliphatic rings. The zero-order chi connectivity index (χ0) is 34.6. The van der Waals surface area contributed by atoms with Gasteiger partial charge in [0.1, 0.15) is 24.3 Å². The fourth-order valence-corrected chi connectivity index (χ4v) is 5.83. The number of esters is 1. The van der Waals surface area contributed by atoms with Crippen LogP contribution in [0.25, 0.3) is 6.08 Å². The third-order valence-corrected chi connectivity index (χ3v) is 7.97. The van der Waals surface area contributed by atoms with E-state index in [1.165, 1.54) is 21.9 Å². The molecule has 9 nitrogen and oxygen atoms in total. The van der Waals surface area contributed by atoms with E-state index >= 15 is 0 Å². The fourth-order valence-electron chi connectivity index (χ4n) is 5.83. The van der Waals surface area contributed by atoms with Crippen molar-refractivity contribution in [1.82, 2.24) is 15.1 Å². The van der Waals surface area contributed by atoms with Gasteiger partial charge in [0.2, 0.25) is 11.8 Å². The highest BCUT2D eigenvalue weighted by atomic mass is 19.4. The van der Waals surface area contributed by atoms with Crippen molar-refractivity contribution in [2.75, 3.05) is 6.61 Å². The summed E-state index contributed by atoms with van der Waals surface area (Å²) >= 11 is 0. The summed E-state index contributed by atoms with van der Waals surface area (Å²) in [5.41, 5.74) is -0.0572. The smallest absolute Gasteiger partial charge is 0.416 e. The van der Waals surface area contributed by atoms with Gasteiger partial charge in [0.05, 0.1) is 24.1 Å². The number of alkyl halides is 3. The number of nitrogens with zero attached hydrogens (tertiary/aromatic N) is 2. The van der Waals surface area contributed by atoms with Crippen molar-refractivity contribution in [3.63, 3.8) is 0 Å². The molecule has 2 fully saturated rings. The highest BCUT2D eigenvalue weighted by molar-refractivity contribution is 5.99. The van der Waals surface area contributed by atoms with Gasteiger partial charge in [-0.1, -0.05) is 84.9 Å². The summed E-state index contributed by atoms with van der Waals surface area (Å²) in [6.07, 6.45) is -2.37. The Hall–Kier alpha value is -5.13. The Morgan fingerprint density at radius 3 is 2.29 bits per heavy atom. The average Bonchev–Trinajstić information content (AvgIpc) is 3.41. The molecule has 0 saturated carbocycles. The minimum atomic E-state index is -4.58. The standard InChI is InChI=1S/C36H36F3N3O6/c1-35(2,3)48-30(43)20-28(32(44)40-21-24-13-10-16-26(19-24)36(37,38)39)41-27(18-17-23-11-6-4-7-12-23)31(33(41)45)42-29(22-47-34(42)46)25-14-8-5-9-15-25/h4-19,27-29,31H,20-22H2,1-3H3,(H,40,44)/t27-,28+,29-,31+/m0/s1. The van der Waals surface area contributed by atoms with Crippen molar-refractivity contribution in [3.05, 3.63) is 113 Å². The molecule has 48 heavy (non-hydrogen) atoms. The van der Waals surface area contributed by atoms with Crippen molar-refractivity contribution >= 4 is 30.0 Å². The maximum Gasteiger partial charge on any atom is 0.416 e. The van der Waals surface area contributed by atoms with Crippen molar-refractivity contribution in [2.24, 2.45) is 0 Å². The van der Waals surface area contributed by atoms with E-state index in [2.05, 4.69) is 5.32 Å². The number of hydrogen-bond acceptors (Lipinski definition) is 6. The lowest BCUT2D eigenvalue weighted by atomic mass is 9.87. The Kier molecular flexibility index (Phi) is 9.92. The molecular formula is C36H36F3N3O6. The number of likely N-dealkylation sites (tertiary alicyclic amines) is 1. The molecule has 0 spiro atoms. The summed E-state index contributed by atoms with van der Waals surface area (Å²) in [5.74, 6) is -2.13. The summed E-state index contributed by atoms with van der Waals surface area (Å²) < 4.78 is 50.8. The first kappa shape index (κ1) is 34.2. The van der Waals surface area contributed by atoms with Crippen LogP contribution in [0.3, 0.4) is 0 Å². The van der Waals surface area contributed by atoms with Gasteiger partial charge in [0, 0.05) is 6.54 Å². The fraction of sp³-hybridized carbons (Fsp3) is 0.333. The molecule has 3 amide bonds. The number of hydrogen-bond donors (Lipinski definition) is 1. The van der Waals surface area contributed by atoms with Crippen molar-refractivity contribution < 1.29 is 41.8 Å². The molecule has 2 heterocycles. The number of carbonyl (C=O) groups is 4. The van der Waals surface area contributed by atoms with Gasteiger partial charge in [-0.25, -0.2) is 4.79 Å². The molecule has 0 bridgehead atoms. The molecule has 3 aromatic rings. The topological polar surface area (TPSA) is 105 Å². The van der Waals surface area contributed by atoms with Gasteiger partial charge in [-0.3, -0.25) is 19.3 Å². The van der Waals surface area contributed by atoms with Crippen molar-refractivity contribution in [2.45, 2.75) is 69.7 Å². The summed E-state index contributed by atoms with van der Waals surface area (Å²) in [6, 6.07) is 18.8. The largest absolute Gasteiger partial charge is 0.460 e. The Morgan fingerprint density at radius 1 is 0.979 bits per heavy atom. The Morgan fingerprint density at radius 2 is 1.65 bits per heavy atom. The third-order valence-electron chi connectivity index (χ3n) is 7.97. The van der Waals surface area contributed by atoms with Crippen molar-refractivity contribution in [3.8, 4) is 0 Å². The molecule has 2 saturated heterocycles. The van der Waals surface area contributed by atoms with E-state index in [4.69, 9.17) is 9.47 Å². The van der Waals surface area contributed by atoms with Crippen LogP contribution in [0.1, 0.15) is 55.5 Å². The van der Waals surface area contributed by atoms with E-state index in [0.717, 1.165) is 23.3 Å². The first-order valence-electron chi connectivity index (χ1n) is 15.4. The summed E-state index contributed by atoms with van der Waals surface area (Å²) in [6.45, 7) is 4.70. The number of β-lactam (4-membered cyclic amide) rings is 1. The zero-order valence-corrected chi connectivity index (χ0v) is 26.6. The van der Waals surface area contributed by atoms with Crippen LogP contribution in [0.4, 0.5) is 18.0 Å². The molecule has 5 rings (SSSR count). The molecule has 0 radical (unpaired) electrons. The van der Waals surface area contributed by atoms with Crippen LogP contribution in [0.15, 0.2) is 91.0 Å². The highest BCUT2D eigenvalue weighted by Crippen LogP contribution is 2.39. The SMILES string of the molecule is CC(C)(C)OC(=O)C[C@H](C(=O)NCc1cccc(C(F)(F)F)c1)N1C(=O)[C@H](N2C(=O)OC[C@H]2c2ccccc2)[C@@H]1C=Cc1ccccc1. The number of nitrogens with one attached hydrogen (secondary N) is 1. The first-order valence-corrected chi connectivity index (χ1v) is 15.4. The second-order valence-electron chi connectivity index (χ2n) is 12.6. The summed E-state index contributed by atoms with van der Waals surface area (Å²) in [4.78, 5) is 56.8. The monoisotopic (exact) mass is 663 g/mol. The lowest BCUT2D eigenvalue weighted by Gasteiger charge is -2.52. The van der Waals surface area contributed by atoms with Gasteiger partial charge in [-0.2, -0.15) is 13.2 Å². The third kappa shape index (κ3) is 7.87. The minimum absolute atomic E-state index is 0.0144. The molecule has 0 aromatic heterocycles. The first-order chi connectivity index (χ1) is 22.7. The van der Waals surface area contributed by atoms with E-state index in [-0.39, 0.29) is 18.7 Å². The van der Waals surface area contributed by atoms with Crippen LogP contribution >= 0.6 is 0 Å². The van der Waals surface area contributed by atoms with E-state index < -0.39 is 71.8 Å². The normalized spacial score (nSPS) is 20.3. The lowest BCUT2D eigenvalue weighted by Crippen LogP contribution is -2.74. The van der Waals surface area contributed by atoms with Crippen LogP contribution in [0.2, 0.25) is 0 Å². The predicted octanol–water partition coefficient (Wildman–Crippen LogP) is 5.91. The minimum Gasteiger partial charge on any atom is -0.460 e. The van der Waals surface area contributed by atoms with E-state index in [9.17, 15) is 32.3 Å². The Labute approximate surface area is 276 Å². The molecule has 0 unspecified atom stereocenters. The van der Waals surface area contributed by atoms with E-state index in [1.54, 1.807) is 32.9 Å². The quantitative estimate of drug-likeness (QED) is 0.214. The molecular weight excluding hydrogens is 627 g/mol. The number of carbonyl (C=O) groups excluding carboxylic acids is 4. The molecule has 0 aliphatic carbocycles. The maximum absolute atomic E-state index is 14.1. The predicted molar refractivity (Wildman–Crippen MR) is 170 cm³/mol. The number of halogens is 3. The molecule has 252 valence electrons. The molecule has 3 aromatic carbocycles. The zero-order valence-electron chi connectivity index (χ0n) is 26.6. The number of cyclic esters (lactones) is 1. The van der Waals surface area contributed by atoms with Gasteiger partial charge in [0.15, 0.2) is 0 Å². The molecule has 2 aliphatic heterocycles. The van der Waals surface area contributed by atoms with Crippen LogP contribution in [0.5, 0.6) is 0 Å². The van der Waals surface area contributed by atoms with E-state index in [1.807, 2.05) is 60.7 Å². The van der Waals surface area contributed by atoms with Crippen LogP contribution in [0, 0.1) is 0 Å². The maximum atomic E-state index is 14.1. The lowest BCUT2D eigenvalue weighted by molar-refractivity contribution is -0.168. The molecule has 12 heteroatoms. The average molecular weight is 664 g/mol. The van der Waals surface area contributed by atoms with Crippen molar-refractivity contribution in [1.29, 1.82) is 0 Å².